The Morgan fingerprint density at radius 2 is 1.44 bits per heavy atom. The number of ketones is 1. The van der Waals surface area contributed by atoms with Crippen LogP contribution in [0, 0.1) is 6.92 Å². The molecule has 27 heavy (non-hydrogen) atoms. The van der Waals surface area contributed by atoms with Crippen molar-refractivity contribution in [1.29, 1.82) is 0 Å². The van der Waals surface area contributed by atoms with Crippen LogP contribution in [0.2, 0.25) is 0 Å². The monoisotopic (exact) mass is 368 g/mol. The largest absolute Gasteiger partial charge is 0.484 e. The zero-order valence-electron chi connectivity index (χ0n) is 15.4. The van der Waals surface area contributed by atoms with E-state index in [1.54, 1.807) is 24.3 Å². The highest BCUT2D eigenvalue weighted by Crippen LogP contribution is 2.08. The molecule has 0 aliphatic rings. The lowest BCUT2D eigenvalue weighted by atomic mass is 10.1. The van der Waals surface area contributed by atoms with Crippen molar-refractivity contribution in [2.45, 2.75) is 19.8 Å². The van der Waals surface area contributed by atoms with Gasteiger partial charge in [-0.3, -0.25) is 14.4 Å². The first-order valence-corrected chi connectivity index (χ1v) is 8.85. The second-order valence-corrected chi connectivity index (χ2v) is 6.09. The number of aryl methyl sites for hydroxylation is 1. The van der Waals surface area contributed by atoms with Crippen molar-refractivity contribution in [1.82, 2.24) is 10.6 Å². The number of rotatable bonds is 10. The Kier molecular flexibility index (Phi) is 8.03. The molecule has 6 nitrogen and oxygen atoms in total. The molecule has 2 aromatic carbocycles. The number of ether oxygens (including phenoxy) is 1. The maximum absolute atomic E-state index is 12.0. The van der Waals surface area contributed by atoms with Crippen LogP contribution >= 0.6 is 0 Å². The molecule has 6 heteroatoms. The molecule has 0 saturated heterocycles. The van der Waals surface area contributed by atoms with E-state index in [1.165, 1.54) is 0 Å². The summed E-state index contributed by atoms with van der Waals surface area (Å²) < 4.78 is 5.32. The molecule has 0 radical (unpaired) electrons. The van der Waals surface area contributed by atoms with Crippen LogP contribution in [-0.2, 0) is 9.59 Å². The van der Waals surface area contributed by atoms with Gasteiger partial charge in [0.2, 0.25) is 5.91 Å². The SMILES string of the molecule is Cc1ccc(C(=O)CCC(=O)NCCNC(=O)COc2ccccc2)cc1. The maximum Gasteiger partial charge on any atom is 0.258 e. The van der Waals surface area contributed by atoms with E-state index >= 15 is 0 Å². The Hall–Kier alpha value is -3.15. The van der Waals surface area contributed by atoms with Gasteiger partial charge in [-0.1, -0.05) is 48.0 Å². The highest BCUT2D eigenvalue weighted by molar-refractivity contribution is 5.97. The number of nitrogens with one attached hydrogen (secondary N) is 2. The molecular formula is C21H24N2O4. The molecule has 0 saturated carbocycles. The van der Waals surface area contributed by atoms with E-state index in [4.69, 9.17) is 4.74 Å². The molecule has 0 unspecified atom stereocenters. The lowest BCUT2D eigenvalue weighted by Crippen LogP contribution is -2.36. The van der Waals surface area contributed by atoms with Crippen LogP contribution < -0.4 is 15.4 Å². The molecule has 0 spiro atoms. The smallest absolute Gasteiger partial charge is 0.258 e. The average molecular weight is 368 g/mol. The van der Waals surface area contributed by atoms with Crippen molar-refractivity contribution in [3.05, 3.63) is 65.7 Å². The van der Waals surface area contributed by atoms with E-state index < -0.39 is 0 Å². The van der Waals surface area contributed by atoms with Crippen LogP contribution in [0.15, 0.2) is 54.6 Å². The summed E-state index contributed by atoms with van der Waals surface area (Å²) in [7, 11) is 0. The first kappa shape index (κ1) is 20.2. The quantitative estimate of drug-likeness (QED) is 0.498. The molecule has 0 fully saturated rings. The van der Waals surface area contributed by atoms with E-state index in [0.717, 1.165) is 5.56 Å². The third-order valence-electron chi connectivity index (χ3n) is 3.84. The van der Waals surface area contributed by atoms with E-state index in [0.29, 0.717) is 24.4 Å². The topological polar surface area (TPSA) is 84.5 Å². The fourth-order valence-electron chi connectivity index (χ4n) is 2.32. The minimum absolute atomic E-state index is 0.0588. The summed E-state index contributed by atoms with van der Waals surface area (Å²) in [4.78, 5) is 35.5. The Morgan fingerprint density at radius 1 is 0.815 bits per heavy atom. The first-order chi connectivity index (χ1) is 13.0. The van der Waals surface area contributed by atoms with Crippen molar-refractivity contribution < 1.29 is 19.1 Å². The Morgan fingerprint density at radius 3 is 2.11 bits per heavy atom. The summed E-state index contributed by atoms with van der Waals surface area (Å²) >= 11 is 0. The predicted molar refractivity (Wildman–Crippen MR) is 103 cm³/mol. The van der Waals surface area contributed by atoms with Crippen LogP contribution in [0.1, 0.15) is 28.8 Å². The second kappa shape index (κ2) is 10.8. The van der Waals surface area contributed by atoms with Gasteiger partial charge in [-0.05, 0) is 19.1 Å². The number of Topliss-reactive ketones (excluding diaryl/α,β-unsaturated/α-hetero) is 1. The summed E-state index contributed by atoms with van der Waals surface area (Å²) in [6.07, 6.45) is 0.282. The van der Waals surface area contributed by atoms with Crippen molar-refractivity contribution in [2.24, 2.45) is 0 Å². The van der Waals surface area contributed by atoms with Crippen LogP contribution in [0.4, 0.5) is 0 Å². The molecule has 0 atom stereocenters. The molecule has 2 amide bonds. The molecule has 2 rings (SSSR count). The van der Waals surface area contributed by atoms with Crippen LogP contribution in [-0.4, -0.2) is 37.3 Å². The number of benzene rings is 2. The standard InChI is InChI=1S/C21H24N2O4/c1-16-7-9-17(10-8-16)19(24)11-12-20(25)22-13-14-23-21(26)15-27-18-5-3-2-4-6-18/h2-10H,11-15H2,1H3,(H,22,25)(H,23,26). The van der Waals surface area contributed by atoms with Gasteiger partial charge >= 0.3 is 0 Å². The Balaban J connectivity index is 1.55. The molecule has 2 aromatic rings. The third kappa shape index (κ3) is 7.73. The molecule has 0 aliphatic carbocycles. The number of hydrogen-bond donors (Lipinski definition) is 2. The lowest BCUT2D eigenvalue weighted by Gasteiger charge is -2.08. The zero-order chi connectivity index (χ0) is 19.5. The van der Waals surface area contributed by atoms with Crippen molar-refractivity contribution >= 4 is 17.6 Å². The van der Waals surface area contributed by atoms with Gasteiger partial charge in [-0.15, -0.1) is 0 Å². The Bertz CT molecular complexity index is 758. The lowest BCUT2D eigenvalue weighted by molar-refractivity contribution is -0.124. The van der Waals surface area contributed by atoms with E-state index in [1.807, 2.05) is 37.3 Å². The fraction of sp³-hybridized carbons (Fsp3) is 0.286. The summed E-state index contributed by atoms with van der Waals surface area (Å²) in [6.45, 7) is 2.47. The number of carbonyl (C=O) groups is 3. The highest BCUT2D eigenvalue weighted by atomic mass is 16.5. The van der Waals surface area contributed by atoms with Gasteiger partial charge in [0.15, 0.2) is 12.4 Å². The van der Waals surface area contributed by atoms with Crippen LogP contribution in [0.25, 0.3) is 0 Å². The summed E-state index contributed by atoms with van der Waals surface area (Å²) in [5, 5.41) is 5.34. The maximum atomic E-state index is 12.0. The highest BCUT2D eigenvalue weighted by Gasteiger charge is 2.09. The number of carbonyl (C=O) groups excluding carboxylic acids is 3. The van der Waals surface area contributed by atoms with E-state index in [-0.39, 0.29) is 37.0 Å². The van der Waals surface area contributed by atoms with Gasteiger partial charge in [0.25, 0.3) is 5.91 Å². The minimum Gasteiger partial charge on any atom is -0.484 e. The Labute approximate surface area is 158 Å². The molecule has 0 bridgehead atoms. The van der Waals surface area contributed by atoms with Gasteiger partial charge in [-0.2, -0.15) is 0 Å². The molecular weight excluding hydrogens is 344 g/mol. The summed E-state index contributed by atoms with van der Waals surface area (Å²) in [5.41, 5.74) is 1.69. The normalized spacial score (nSPS) is 10.1. The van der Waals surface area contributed by atoms with E-state index in [9.17, 15) is 14.4 Å². The molecule has 0 aromatic heterocycles. The van der Waals surface area contributed by atoms with Crippen molar-refractivity contribution in [2.75, 3.05) is 19.7 Å². The minimum atomic E-state index is -0.261. The number of para-hydroxylation sites is 1. The van der Waals surface area contributed by atoms with Gasteiger partial charge in [-0.25, -0.2) is 0 Å². The predicted octanol–water partition coefficient (Wildman–Crippen LogP) is 2.27. The number of hydrogen-bond acceptors (Lipinski definition) is 4. The zero-order valence-corrected chi connectivity index (χ0v) is 15.4. The third-order valence-corrected chi connectivity index (χ3v) is 3.84. The van der Waals surface area contributed by atoms with Crippen molar-refractivity contribution in [3.8, 4) is 5.75 Å². The van der Waals surface area contributed by atoms with Gasteiger partial charge in [0.05, 0.1) is 0 Å². The molecule has 2 N–H and O–H groups in total. The van der Waals surface area contributed by atoms with Crippen LogP contribution in [0.5, 0.6) is 5.75 Å². The first-order valence-electron chi connectivity index (χ1n) is 8.85. The summed E-state index contributed by atoms with van der Waals surface area (Å²) in [6, 6.07) is 16.3. The molecule has 142 valence electrons. The fourth-order valence-corrected chi connectivity index (χ4v) is 2.32. The van der Waals surface area contributed by atoms with E-state index in [2.05, 4.69) is 10.6 Å². The van der Waals surface area contributed by atoms with Crippen LogP contribution in [0.3, 0.4) is 0 Å². The number of amides is 2. The van der Waals surface area contributed by atoms with Gasteiger partial charge in [0.1, 0.15) is 5.75 Å². The van der Waals surface area contributed by atoms with Gasteiger partial charge in [0, 0.05) is 31.5 Å². The summed E-state index contributed by atoms with van der Waals surface area (Å²) in [5.74, 6) is 0.0867. The molecule has 0 heterocycles. The van der Waals surface area contributed by atoms with Gasteiger partial charge < -0.3 is 15.4 Å². The second-order valence-electron chi connectivity index (χ2n) is 6.09. The average Bonchev–Trinajstić information content (AvgIpc) is 2.69. The molecule has 0 aliphatic heterocycles. The van der Waals surface area contributed by atoms with Crippen molar-refractivity contribution in [3.63, 3.8) is 0 Å².